The molecule has 0 saturated carbocycles. The number of amides is 2. The van der Waals surface area contributed by atoms with Gasteiger partial charge in [-0.3, -0.25) is 9.69 Å². The molecular weight excluding hydrogens is 500 g/mol. The van der Waals surface area contributed by atoms with Crippen molar-refractivity contribution < 1.29 is 27.9 Å². The van der Waals surface area contributed by atoms with Gasteiger partial charge in [0, 0.05) is 15.7 Å². The third kappa shape index (κ3) is 4.10. The molecule has 2 N–H and O–H groups in total. The number of urea groups is 1. The number of carbonyl (C=O) groups is 2. The quantitative estimate of drug-likeness (QED) is 0.414. The second-order valence-electron chi connectivity index (χ2n) is 7.33. The minimum Gasteiger partial charge on any atom is -0.362 e. The second-order valence-corrected chi connectivity index (χ2v) is 9.15. The van der Waals surface area contributed by atoms with Crippen LogP contribution in [0.4, 0.5) is 23.7 Å². The molecule has 3 atom stereocenters. The van der Waals surface area contributed by atoms with Crippen molar-refractivity contribution in [1.82, 2.24) is 5.32 Å². The lowest BCUT2D eigenvalue weighted by molar-refractivity contribution is -0.275. The van der Waals surface area contributed by atoms with Crippen molar-refractivity contribution in [1.29, 1.82) is 0 Å². The number of nitrogens with zero attached hydrogens (tertiary/aromatic N) is 1. The van der Waals surface area contributed by atoms with E-state index >= 15 is 0 Å². The standard InChI is InChI=1S/C22H15Cl2F3N2O3S/c23-13-5-3-12(4-6-13)18-17(19(30)16-2-1-11-33-16)21(32,22(25,26)27)29(20(31)28-18)15-9-7-14(24)8-10-15/h1-11,17-18,32H,(H,28,31). The molecule has 1 aliphatic rings. The number of aliphatic hydroxyl groups is 1. The van der Waals surface area contributed by atoms with Gasteiger partial charge < -0.3 is 10.4 Å². The molecule has 11 heteroatoms. The summed E-state index contributed by atoms with van der Waals surface area (Å²) in [5.74, 6) is -3.10. The lowest BCUT2D eigenvalue weighted by atomic mass is 9.77. The third-order valence-corrected chi connectivity index (χ3v) is 6.76. The molecule has 0 spiro atoms. The molecule has 1 aromatic heterocycles. The summed E-state index contributed by atoms with van der Waals surface area (Å²) >= 11 is 12.7. The van der Waals surface area contributed by atoms with Crippen molar-refractivity contribution >= 4 is 52.0 Å². The molecule has 172 valence electrons. The molecule has 1 fully saturated rings. The first kappa shape index (κ1) is 23.6. The van der Waals surface area contributed by atoms with E-state index in [9.17, 15) is 27.9 Å². The fourth-order valence-electron chi connectivity index (χ4n) is 3.87. The smallest absolute Gasteiger partial charge is 0.362 e. The van der Waals surface area contributed by atoms with E-state index < -0.39 is 35.7 Å². The Hall–Kier alpha value is -2.59. The zero-order valence-electron chi connectivity index (χ0n) is 16.5. The average Bonchev–Trinajstić information content (AvgIpc) is 3.29. The van der Waals surface area contributed by atoms with Gasteiger partial charge in [-0.2, -0.15) is 13.2 Å². The summed E-state index contributed by atoms with van der Waals surface area (Å²) in [7, 11) is 0. The number of alkyl halides is 3. The van der Waals surface area contributed by atoms with Crippen LogP contribution in [-0.4, -0.2) is 28.8 Å². The normalized spacial score (nSPS) is 23.3. The number of thiophene rings is 1. The summed E-state index contributed by atoms with van der Waals surface area (Å²) in [5, 5.41) is 15.9. The van der Waals surface area contributed by atoms with Gasteiger partial charge in [0.1, 0.15) is 5.92 Å². The predicted octanol–water partition coefficient (Wildman–Crippen LogP) is 6.08. The zero-order valence-corrected chi connectivity index (χ0v) is 18.8. The van der Waals surface area contributed by atoms with Gasteiger partial charge in [0.25, 0.3) is 5.72 Å². The molecule has 0 radical (unpaired) electrons. The van der Waals surface area contributed by atoms with Gasteiger partial charge in [-0.25, -0.2) is 4.79 Å². The Kier molecular flexibility index (Phi) is 6.17. The van der Waals surface area contributed by atoms with Gasteiger partial charge in [-0.1, -0.05) is 41.4 Å². The lowest BCUT2D eigenvalue weighted by Crippen LogP contribution is -2.74. The van der Waals surface area contributed by atoms with Crippen LogP contribution in [0.3, 0.4) is 0 Å². The highest BCUT2D eigenvalue weighted by atomic mass is 35.5. The van der Waals surface area contributed by atoms with Gasteiger partial charge in [-0.05, 0) is 53.4 Å². The highest BCUT2D eigenvalue weighted by Gasteiger charge is 2.70. The Morgan fingerprint density at radius 1 is 1.03 bits per heavy atom. The van der Waals surface area contributed by atoms with Crippen LogP contribution in [0.15, 0.2) is 66.0 Å². The lowest BCUT2D eigenvalue weighted by Gasteiger charge is -2.51. The van der Waals surface area contributed by atoms with Crippen molar-refractivity contribution in [3.63, 3.8) is 0 Å². The third-order valence-electron chi connectivity index (χ3n) is 5.37. The van der Waals surface area contributed by atoms with Crippen molar-refractivity contribution in [2.75, 3.05) is 4.90 Å². The van der Waals surface area contributed by atoms with Crippen LogP contribution in [0.1, 0.15) is 21.3 Å². The van der Waals surface area contributed by atoms with Crippen LogP contribution >= 0.6 is 34.5 Å². The van der Waals surface area contributed by atoms with Crippen molar-refractivity contribution in [3.05, 3.63) is 86.5 Å². The van der Waals surface area contributed by atoms with E-state index in [0.717, 1.165) is 23.5 Å². The number of hydrogen-bond acceptors (Lipinski definition) is 4. The SMILES string of the molecule is O=C(c1cccs1)C1C(c2ccc(Cl)cc2)NC(=O)N(c2ccc(Cl)cc2)C1(O)C(F)(F)F. The summed E-state index contributed by atoms with van der Waals surface area (Å²) in [6.45, 7) is 0. The van der Waals surface area contributed by atoms with Gasteiger partial charge in [0.05, 0.1) is 10.9 Å². The minimum atomic E-state index is -5.40. The highest BCUT2D eigenvalue weighted by Crippen LogP contribution is 2.50. The van der Waals surface area contributed by atoms with E-state index in [1.54, 1.807) is 0 Å². The molecule has 3 aromatic rings. The van der Waals surface area contributed by atoms with E-state index in [-0.39, 0.29) is 26.1 Å². The summed E-state index contributed by atoms with van der Waals surface area (Å²) in [6, 6.07) is 10.7. The molecule has 3 unspecified atom stereocenters. The minimum absolute atomic E-state index is 0.00819. The number of rotatable bonds is 4. The average molecular weight is 515 g/mol. The highest BCUT2D eigenvalue weighted by molar-refractivity contribution is 7.12. The molecule has 2 aromatic carbocycles. The number of benzene rings is 2. The maximum Gasteiger partial charge on any atom is 0.437 e. The molecule has 33 heavy (non-hydrogen) atoms. The first-order valence-corrected chi connectivity index (χ1v) is 11.2. The molecule has 0 bridgehead atoms. The molecule has 1 saturated heterocycles. The number of Topliss-reactive ketones (excluding diaryl/α,β-unsaturated/α-hetero) is 1. The first-order valence-electron chi connectivity index (χ1n) is 9.52. The van der Waals surface area contributed by atoms with Crippen LogP contribution in [-0.2, 0) is 0 Å². The Morgan fingerprint density at radius 3 is 2.12 bits per heavy atom. The number of halogens is 5. The fraction of sp³-hybridized carbons (Fsp3) is 0.182. The van der Waals surface area contributed by atoms with Crippen LogP contribution in [0.2, 0.25) is 10.0 Å². The van der Waals surface area contributed by atoms with Crippen LogP contribution in [0, 0.1) is 5.92 Å². The molecular formula is C22H15Cl2F3N2O3S. The van der Waals surface area contributed by atoms with E-state index in [0.29, 0.717) is 5.02 Å². The first-order chi connectivity index (χ1) is 15.5. The molecule has 4 rings (SSSR count). The Balaban J connectivity index is 1.95. The maximum absolute atomic E-state index is 14.7. The number of hydrogen-bond donors (Lipinski definition) is 2. The fourth-order valence-corrected chi connectivity index (χ4v) is 4.82. The number of anilines is 1. The van der Waals surface area contributed by atoms with E-state index in [1.165, 1.54) is 53.9 Å². The monoisotopic (exact) mass is 514 g/mol. The van der Waals surface area contributed by atoms with Gasteiger partial charge in [-0.15, -0.1) is 11.3 Å². The largest absolute Gasteiger partial charge is 0.437 e. The van der Waals surface area contributed by atoms with Crippen LogP contribution in [0.5, 0.6) is 0 Å². The Bertz CT molecular complexity index is 1170. The van der Waals surface area contributed by atoms with Crippen molar-refractivity contribution in [2.24, 2.45) is 5.92 Å². The maximum atomic E-state index is 14.7. The van der Waals surface area contributed by atoms with Crippen LogP contribution < -0.4 is 10.2 Å². The summed E-state index contributed by atoms with van der Waals surface area (Å²) in [4.78, 5) is 26.6. The summed E-state index contributed by atoms with van der Waals surface area (Å²) in [6.07, 6.45) is -5.40. The number of nitrogens with one attached hydrogen (secondary N) is 1. The van der Waals surface area contributed by atoms with E-state index in [1.807, 2.05) is 0 Å². The number of ketones is 1. The van der Waals surface area contributed by atoms with Gasteiger partial charge in [0.15, 0.2) is 5.78 Å². The summed E-state index contributed by atoms with van der Waals surface area (Å²) in [5.41, 5.74) is -3.97. The van der Waals surface area contributed by atoms with E-state index in [2.05, 4.69) is 5.32 Å². The molecule has 0 aliphatic carbocycles. The van der Waals surface area contributed by atoms with Crippen molar-refractivity contribution in [2.45, 2.75) is 17.9 Å². The Morgan fingerprint density at radius 2 is 1.61 bits per heavy atom. The molecule has 1 aliphatic heterocycles. The van der Waals surface area contributed by atoms with Gasteiger partial charge >= 0.3 is 12.2 Å². The topological polar surface area (TPSA) is 69.6 Å². The van der Waals surface area contributed by atoms with E-state index in [4.69, 9.17) is 23.2 Å². The molecule has 2 amide bonds. The predicted molar refractivity (Wildman–Crippen MR) is 120 cm³/mol. The van der Waals surface area contributed by atoms with Gasteiger partial charge in [0.2, 0.25) is 0 Å². The number of carbonyl (C=O) groups excluding carboxylic acids is 2. The summed E-state index contributed by atoms with van der Waals surface area (Å²) < 4.78 is 44.0. The zero-order chi connectivity index (χ0) is 24.0. The molecule has 5 nitrogen and oxygen atoms in total. The Labute approximate surface area is 200 Å². The van der Waals surface area contributed by atoms with Crippen molar-refractivity contribution in [3.8, 4) is 0 Å². The second kappa shape index (κ2) is 8.64. The van der Waals surface area contributed by atoms with Crippen LogP contribution in [0.25, 0.3) is 0 Å². The molecule has 2 heterocycles.